The van der Waals surface area contributed by atoms with Gasteiger partial charge in [-0.3, -0.25) is 4.79 Å². The smallest absolute Gasteiger partial charge is 0.318 e. The Morgan fingerprint density at radius 3 is 2.63 bits per heavy atom. The van der Waals surface area contributed by atoms with Gasteiger partial charge in [-0.05, 0) is 62.6 Å². The molecule has 2 aliphatic carbocycles. The molecule has 1 saturated heterocycles. The average molecular weight is 390 g/mol. The molecule has 1 aliphatic heterocycles. The fourth-order valence-corrected chi connectivity index (χ4v) is 4.16. The Hall–Kier alpha value is -1.75. The fourth-order valence-electron chi connectivity index (χ4n) is 4.04. The van der Waals surface area contributed by atoms with Crippen LogP contribution in [0.3, 0.4) is 0 Å². The Kier molecular flexibility index (Phi) is 5.31. The molecule has 0 spiro atoms. The van der Waals surface area contributed by atoms with Gasteiger partial charge in [0.1, 0.15) is 0 Å². The Morgan fingerprint density at radius 2 is 1.96 bits per heavy atom. The molecule has 2 saturated carbocycles. The summed E-state index contributed by atoms with van der Waals surface area (Å²) in [7, 11) is 0. The number of piperidine rings is 1. The molecular weight excluding hydrogens is 362 g/mol. The third kappa shape index (κ3) is 4.40. The van der Waals surface area contributed by atoms with Crippen LogP contribution in [0, 0.1) is 12.8 Å². The Labute approximate surface area is 166 Å². The lowest BCUT2D eigenvalue weighted by Gasteiger charge is -2.39. The normalized spacial score (nSPS) is 22.4. The second-order valence-electron chi connectivity index (χ2n) is 8.24. The number of nitrogens with zero attached hydrogens (tertiary/aromatic N) is 2. The quantitative estimate of drug-likeness (QED) is 0.834. The Morgan fingerprint density at radius 1 is 1.19 bits per heavy atom. The van der Waals surface area contributed by atoms with Gasteiger partial charge >= 0.3 is 6.03 Å². The van der Waals surface area contributed by atoms with Crippen molar-refractivity contribution in [3.05, 3.63) is 34.3 Å². The van der Waals surface area contributed by atoms with Crippen LogP contribution in [0.25, 0.3) is 0 Å². The van der Waals surface area contributed by atoms with Crippen molar-refractivity contribution in [3.8, 4) is 0 Å². The van der Waals surface area contributed by atoms with Crippen LogP contribution in [-0.4, -0.2) is 46.9 Å². The van der Waals surface area contributed by atoms with Crippen molar-refractivity contribution in [1.82, 2.24) is 15.1 Å². The number of carbonyl (C=O) groups is 2. The fraction of sp³-hybridized carbons (Fsp3) is 0.619. The van der Waals surface area contributed by atoms with Crippen LogP contribution >= 0.6 is 11.6 Å². The van der Waals surface area contributed by atoms with E-state index in [1.807, 2.05) is 34.9 Å². The molecule has 146 valence electrons. The lowest BCUT2D eigenvalue weighted by Crippen LogP contribution is -2.55. The van der Waals surface area contributed by atoms with Crippen molar-refractivity contribution in [2.45, 2.75) is 64.1 Å². The second-order valence-corrected chi connectivity index (χ2v) is 8.64. The third-order valence-electron chi connectivity index (χ3n) is 5.87. The summed E-state index contributed by atoms with van der Waals surface area (Å²) in [6, 6.07) is 6.31. The maximum atomic E-state index is 13.0. The molecular formula is C21H28ClN3O2. The van der Waals surface area contributed by atoms with Crippen LogP contribution in [0.5, 0.6) is 0 Å². The number of urea groups is 1. The van der Waals surface area contributed by atoms with Crippen molar-refractivity contribution in [1.29, 1.82) is 0 Å². The molecule has 1 atom stereocenters. The summed E-state index contributed by atoms with van der Waals surface area (Å²) in [6.45, 7) is 4.00. The van der Waals surface area contributed by atoms with Crippen molar-refractivity contribution >= 4 is 23.5 Å². The average Bonchev–Trinajstić information content (AvgIpc) is 3.55. The van der Waals surface area contributed by atoms with E-state index in [1.54, 1.807) is 0 Å². The highest BCUT2D eigenvalue weighted by molar-refractivity contribution is 6.31. The van der Waals surface area contributed by atoms with E-state index < -0.39 is 0 Å². The molecule has 3 amide bonds. The van der Waals surface area contributed by atoms with Gasteiger partial charge in [0.15, 0.2) is 0 Å². The van der Waals surface area contributed by atoms with Gasteiger partial charge in [-0.15, -0.1) is 0 Å². The van der Waals surface area contributed by atoms with E-state index in [1.165, 1.54) is 0 Å². The van der Waals surface area contributed by atoms with Crippen LogP contribution in [0.15, 0.2) is 18.2 Å². The lowest BCUT2D eigenvalue weighted by atomic mass is 10.0. The number of carbonyl (C=O) groups excluding carboxylic acids is 2. The number of aryl methyl sites for hydroxylation is 1. The SMILES string of the molecule is Cc1cc(CNC(=O)N(C2CC2)C2CCCN(C(=O)C3CC3)C2)ccc1Cl. The van der Waals surface area contributed by atoms with Gasteiger partial charge in [-0.25, -0.2) is 4.79 Å². The topological polar surface area (TPSA) is 52.7 Å². The summed E-state index contributed by atoms with van der Waals surface area (Å²) < 4.78 is 0. The highest BCUT2D eigenvalue weighted by atomic mass is 35.5. The zero-order chi connectivity index (χ0) is 19.0. The molecule has 5 nitrogen and oxygen atoms in total. The second kappa shape index (κ2) is 7.70. The summed E-state index contributed by atoms with van der Waals surface area (Å²) in [4.78, 5) is 29.4. The number of benzene rings is 1. The number of hydrogen-bond donors (Lipinski definition) is 1. The molecule has 27 heavy (non-hydrogen) atoms. The van der Waals surface area contributed by atoms with Gasteiger partial charge in [0.2, 0.25) is 5.91 Å². The van der Waals surface area contributed by atoms with Gasteiger partial charge in [0.05, 0.1) is 6.04 Å². The number of hydrogen-bond acceptors (Lipinski definition) is 2. The van der Waals surface area contributed by atoms with Crippen LogP contribution < -0.4 is 5.32 Å². The monoisotopic (exact) mass is 389 g/mol. The molecule has 4 rings (SSSR count). The maximum absolute atomic E-state index is 13.0. The van der Waals surface area contributed by atoms with Gasteiger partial charge in [-0.2, -0.15) is 0 Å². The molecule has 0 bridgehead atoms. The van der Waals surface area contributed by atoms with Crippen molar-refractivity contribution in [3.63, 3.8) is 0 Å². The largest absolute Gasteiger partial charge is 0.340 e. The number of amides is 3. The minimum absolute atomic E-state index is 0.00387. The van der Waals surface area contributed by atoms with E-state index >= 15 is 0 Å². The predicted molar refractivity (Wildman–Crippen MR) is 106 cm³/mol. The highest BCUT2D eigenvalue weighted by Crippen LogP contribution is 2.34. The Bertz CT molecular complexity index is 730. The number of nitrogens with one attached hydrogen (secondary N) is 1. The molecule has 0 aromatic heterocycles. The first-order chi connectivity index (χ1) is 13.0. The third-order valence-corrected chi connectivity index (χ3v) is 6.29. The van der Waals surface area contributed by atoms with Crippen molar-refractivity contribution in [2.75, 3.05) is 13.1 Å². The van der Waals surface area contributed by atoms with Gasteiger partial charge in [-0.1, -0.05) is 23.7 Å². The van der Waals surface area contributed by atoms with Gasteiger partial charge < -0.3 is 15.1 Å². The molecule has 0 radical (unpaired) electrons. The van der Waals surface area contributed by atoms with E-state index in [4.69, 9.17) is 11.6 Å². The van der Waals surface area contributed by atoms with E-state index in [0.29, 0.717) is 25.0 Å². The predicted octanol–water partition coefficient (Wildman–Crippen LogP) is 3.72. The summed E-state index contributed by atoms with van der Waals surface area (Å²) in [5, 5.41) is 3.83. The van der Waals surface area contributed by atoms with Crippen LogP contribution in [0.2, 0.25) is 5.02 Å². The number of likely N-dealkylation sites (tertiary alicyclic amines) is 1. The summed E-state index contributed by atoms with van der Waals surface area (Å²) >= 11 is 6.08. The standard InChI is InChI=1S/C21H28ClN3O2/c1-14-11-15(4-9-19(14)22)12-23-21(27)25(17-7-8-17)18-3-2-10-24(13-18)20(26)16-5-6-16/h4,9,11,16-18H,2-3,5-8,10,12-13H2,1H3,(H,23,27). The number of halogens is 1. The molecule has 1 heterocycles. The van der Waals surface area contributed by atoms with Crippen LogP contribution in [0.4, 0.5) is 4.79 Å². The molecule has 6 heteroatoms. The molecule has 3 aliphatic rings. The molecule has 1 aromatic carbocycles. The zero-order valence-electron chi connectivity index (χ0n) is 15.9. The zero-order valence-corrected chi connectivity index (χ0v) is 16.7. The highest BCUT2D eigenvalue weighted by Gasteiger charge is 2.41. The summed E-state index contributed by atoms with van der Waals surface area (Å²) in [6.07, 6.45) is 6.18. The van der Waals surface area contributed by atoms with Crippen LogP contribution in [0.1, 0.15) is 49.7 Å². The van der Waals surface area contributed by atoms with Crippen LogP contribution in [-0.2, 0) is 11.3 Å². The molecule has 3 fully saturated rings. The molecule has 1 N–H and O–H groups in total. The number of rotatable bonds is 5. The van der Waals surface area contributed by atoms with E-state index in [0.717, 1.165) is 61.2 Å². The summed E-state index contributed by atoms with van der Waals surface area (Å²) in [5.74, 6) is 0.549. The van der Waals surface area contributed by atoms with E-state index in [2.05, 4.69) is 5.32 Å². The van der Waals surface area contributed by atoms with Gasteiger partial charge in [0, 0.05) is 36.6 Å². The molecule has 1 aromatic rings. The first kappa shape index (κ1) is 18.6. The minimum atomic E-state index is -0.00387. The molecule has 1 unspecified atom stereocenters. The van der Waals surface area contributed by atoms with Gasteiger partial charge in [0.25, 0.3) is 0 Å². The summed E-state index contributed by atoms with van der Waals surface area (Å²) in [5.41, 5.74) is 2.07. The first-order valence-electron chi connectivity index (χ1n) is 10.1. The van der Waals surface area contributed by atoms with Crippen molar-refractivity contribution in [2.24, 2.45) is 5.92 Å². The lowest BCUT2D eigenvalue weighted by molar-refractivity contribution is -0.134. The van der Waals surface area contributed by atoms with E-state index in [9.17, 15) is 9.59 Å². The first-order valence-corrected chi connectivity index (χ1v) is 10.5. The minimum Gasteiger partial charge on any atom is -0.340 e. The Balaban J connectivity index is 1.38. The maximum Gasteiger partial charge on any atom is 0.318 e. The van der Waals surface area contributed by atoms with Crippen molar-refractivity contribution < 1.29 is 9.59 Å². The van der Waals surface area contributed by atoms with E-state index in [-0.39, 0.29) is 18.0 Å².